The van der Waals surface area contributed by atoms with Crippen molar-refractivity contribution in [1.29, 1.82) is 0 Å². The highest BCUT2D eigenvalue weighted by molar-refractivity contribution is 7.10. The first-order chi connectivity index (χ1) is 10.7. The van der Waals surface area contributed by atoms with Crippen LogP contribution in [-0.2, 0) is 16.1 Å². The molecule has 1 aliphatic rings. The van der Waals surface area contributed by atoms with Crippen molar-refractivity contribution in [3.63, 3.8) is 0 Å². The Morgan fingerprint density at radius 2 is 2.45 bits per heavy atom. The zero-order chi connectivity index (χ0) is 15.5. The molecule has 2 aromatic rings. The standard InChI is InChI=1S/C15H20N4O2S/c1-3-18-10-16-17-14(18)12-9-19(6-7-21-12)15(20)11(2)13-5-4-8-22-13/h4-5,8,10-12H,3,6-7,9H2,1-2H3/t11-,12+/m1/s1. The number of hydrogen-bond acceptors (Lipinski definition) is 5. The highest BCUT2D eigenvalue weighted by Gasteiger charge is 2.31. The average molecular weight is 320 g/mol. The average Bonchev–Trinajstić information content (AvgIpc) is 3.24. The van der Waals surface area contributed by atoms with Crippen molar-refractivity contribution in [2.75, 3.05) is 19.7 Å². The maximum absolute atomic E-state index is 12.7. The summed E-state index contributed by atoms with van der Waals surface area (Å²) in [4.78, 5) is 15.7. The minimum atomic E-state index is -0.198. The van der Waals surface area contributed by atoms with Crippen LogP contribution in [0, 0.1) is 0 Å². The number of rotatable bonds is 4. The molecule has 118 valence electrons. The zero-order valence-corrected chi connectivity index (χ0v) is 13.6. The molecule has 22 heavy (non-hydrogen) atoms. The molecule has 3 rings (SSSR count). The van der Waals surface area contributed by atoms with Gasteiger partial charge in [0.05, 0.1) is 19.1 Å². The lowest BCUT2D eigenvalue weighted by Crippen LogP contribution is -2.44. The van der Waals surface area contributed by atoms with Crippen LogP contribution in [0.25, 0.3) is 0 Å². The molecule has 2 atom stereocenters. The summed E-state index contributed by atoms with van der Waals surface area (Å²) in [5.41, 5.74) is 0. The Labute approximate surface area is 133 Å². The number of nitrogens with zero attached hydrogens (tertiary/aromatic N) is 4. The van der Waals surface area contributed by atoms with Crippen molar-refractivity contribution in [3.05, 3.63) is 34.5 Å². The maximum atomic E-state index is 12.7. The third-order valence-electron chi connectivity index (χ3n) is 3.99. The van der Waals surface area contributed by atoms with Gasteiger partial charge >= 0.3 is 0 Å². The number of hydrogen-bond donors (Lipinski definition) is 0. The predicted octanol–water partition coefficient (Wildman–Crippen LogP) is 2.06. The minimum absolute atomic E-state index is 0.109. The quantitative estimate of drug-likeness (QED) is 0.865. The highest BCUT2D eigenvalue weighted by Crippen LogP contribution is 2.26. The summed E-state index contributed by atoms with van der Waals surface area (Å²) < 4.78 is 7.76. The monoisotopic (exact) mass is 320 g/mol. The van der Waals surface area contributed by atoms with Gasteiger partial charge in [-0.05, 0) is 25.3 Å². The number of thiophene rings is 1. The van der Waals surface area contributed by atoms with Crippen LogP contribution in [0.5, 0.6) is 0 Å². The molecule has 1 aliphatic heterocycles. The van der Waals surface area contributed by atoms with Crippen molar-refractivity contribution in [2.45, 2.75) is 32.4 Å². The lowest BCUT2D eigenvalue weighted by molar-refractivity contribution is -0.140. The molecule has 0 spiro atoms. The SMILES string of the molecule is CCn1cnnc1[C@@H]1CN(C(=O)[C@H](C)c2cccs2)CCO1. The summed E-state index contributed by atoms with van der Waals surface area (Å²) in [5, 5.41) is 10.1. The van der Waals surface area contributed by atoms with Crippen molar-refractivity contribution in [3.8, 4) is 0 Å². The first-order valence-electron chi connectivity index (χ1n) is 7.52. The van der Waals surface area contributed by atoms with Gasteiger partial charge in [0, 0.05) is 18.0 Å². The Morgan fingerprint density at radius 1 is 1.59 bits per heavy atom. The molecule has 3 heterocycles. The van der Waals surface area contributed by atoms with Crippen LogP contribution in [0.4, 0.5) is 0 Å². The van der Waals surface area contributed by atoms with E-state index in [2.05, 4.69) is 10.2 Å². The van der Waals surface area contributed by atoms with Gasteiger partial charge in [0.1, 0.15) is 12.4 Å². The number of morpholine rings is 1. The molecule has 2 aromatic heterocycles. The van der Waals surface area contributed by atoms with Gasteiger partial charge in [-0.3, -0.25) is 4.79 Å². The molecular weight excluding hydrogens is 300 g/mol. The van der Waals surface area contributed by atoms with Crippen LogP contribution in [0.3, 0.4) is 0 Å². The number of aryl methyl sites for hydroxylation is 1. The van der Waals surface area contributed by atoms with Crippen LogP contribution in [0.2, 0.25) is 0 Å². The van der Waals surface area contributed by atoms with Crippen LogP contribution in [-0.4, -0.2) is 45.3 Å². The largest absolute Gasteiger partial charge is 0.366 e. The number of carbonyl (C=O) groups excluding carboxylic acids is 1. The minimum Gasteiger partial charge on any atom is -0.366 e. The van der Waals surface area contributed by atoms with Gasteiger partial charge in [-0.15, -0.1) is 21.5 Å². The number of aromatic nitrogens is 3. The van der Waals surface area contributed by atoms with E-state index in [1.54, 1.807) is 17.7 Å². The summed E-state index contributed by atoms with van der Waals surface area (Å²) in [7, 11) is 0. The van der Waals surface area contributed by atoms with E-state index in [4.69, 9.17) is 4.74 Å². The van der Waals surface area contributed by atoms with Crippen LogP contribution >= 0.6 is 11.3 Å². The van der Waals surface area contributed by atoms with Crippen molar-refractivity contribution in [2.24, 2.45) is 0 Å². The van der Waals surface area contributed by atoms with E-state index >= 15 is 0 Å². The normalized spacial score (nSPS) is 20.1. The molecule has 6 nitrogen and oxygen atoms in total. The summed E-state index contributed by atoms with van der Waals surface area (Å²) in [5.74, 6) is 0.838. The molecule has 1 amide bonds. The highest BCUT2D eigenvalue weighted by atomic mass is 32.1. The first-order valence-corrected chi connectivity index (χ1v) is 8.40. The number of carbonyl (C=O) groups is 1. The van der Waals surface area contributed by atoms with E-state index in [-0.39, 0.29) is 17.9 Å². The second-order valence-electron chi connectivity index (χ2n) is 5.36. The molecule has 0 bridgehead atoms. The second-order valence-corrected chi connectivity index (χ2v) is 6.34. The van der Waals surface area contributed by atoms with Crippen molar-refractivity contribution >= 4 is 17.2 Å². The molecule has 0 aromatic carbocycles. The van der Waals surface area contributed by atoms with Gasteiger partial charge in [0.2, 0.25) is 5.91 Å². The van der Waals surface area contributed by atoms with E-state index < -0.39 is 0 Å². The summed E-state index contributed by atoms with van der Waals surface area (Å²) in [6.45, 7) is 6.50. The molecule has 1 fully saturated rings. The summed E-state index contributed by atoms with van der Waals surface area (Å²) >= 11 is 1.62. The molecule has 0 radical (unpaired) electrons. The van der Waals surface area contributed by atoms with Gasteiger partial charge in [-0.1, -0.05) is 6.07 Å². The smallest absolute Gasteiger partial charge is 0.230 e. The van der Waals surface area contributed by atoms with Gasteiger partial charge in [-0.25, -0.2) is 0 Å². The van der Waals surface area contributed by atoms with E-state index in [0.717, 1.165) is 17.2 Å². The Bertz CT molecular complexity index is 625. The molecule has 7 heteroatoms. The molecule has 1 saturated heterocycles. The Morgan fingerprint density at radius 3 is 3.18 bits per heavy atom. The Hall–Kier alpha value is -1.73. The number of ether oxygens (including phenoxy) is 1. The van der Waals surface area contributed by atoms with Crippen LogP contribution < -0.4 is 0 Å². The van der Waals surface area contributed by atoms with Crippen LogP contribution in [0.1, 0.15) is 36.6 Å². The molecule has 0 unspecified atom stereocenters. The van der Waals surface area contributed by atoms with E-state index in [9.17, 15) is 4.79 Å². The predicted molar refractivity (Wildman–Crippen MR) is 83.7 cm³/mol. The van der Waals surface area contributed by atoms with Crippen LogP contribution in [0.15, 0.2) is 23.8 Å². The van der Waals surface area contributed by atoms with Crippen molar-refractivity contribution < 1.29 is 9.53 Å². The fourth-order valence-electron chi connectivity index (χ4n) is 2.70. The Balaban J connectivity index is 1.71. The molecule has 0 aliphatic carbocycles. The molecular formula is C15H20N4O2S. The summed E-state index contributed by atoms with van der Waals surface area (Å²) in [6.07, 6.45) is 1.50. The van der Waals surface area contributed by atoms with Gasteiger partial charge in [0.25, 0.3) is 0 Å². The summed E-state index contributed by atoms with van der Waals surface area (Å²) in [6, 6.07) is 3.99. The lowest BCUT2D eigenvalue weighted by Gasteiger charge is -2.33. The molecule has 0 N–H and O–H groups in total. The van der Waals surface area contributed by atoms with E-state index in [1.165, 1.54) is 0 Å². The topological polar surface area (TPSA) is 60.2 Å². The molecule has 0 saturated carbocycles. The fraction of sp³-hybridized carbons (Fsp3) is 0.533. The maximum Gasteiger partial charge on any atom is 0.230 e. The lowest BCUT2D eigenvalue weighted by atomic mass is 10.1. The second kappa shape index (κ2) is 6.58. The third-order valence-corrected chi connectivity index (χ3v) is 5.05. The third kappa shape index (κ3) is 2.91. The van der Waals surface area contributed by atoms with E-state index in [0.29, 0.717) is 19.7 Å². The fourth-order valence-corrected chi connectivity index (χ4v) is 3.47. The van der Waals surface area contributed by atoms with Gasteiger partial charge in [-0.2, -0.15) is 0 Å². The van der Waals surface area contributed by atoms with Gasteiger partial charge < -0.3 is 14.2 Å². The number of amides is 1. The van der Waals surface area contributed by atoms with E-state index in [1.807, 2.05) is 40.8 Å². The zero-order valence-electron chi connectivity index (χ0n) is 12.8. The Kier molecular flexibility index (Phi) is 4.54. The van der Waals surface area contributed by atoms with Gasteiger partial charge in [0.15, 0.2) is 5.82 Å². The first kappa shape index (κ1) is 15.2. The van der Waals surface area contributed by atoms with Crippen molar-refractivity contribution in [1.82, 2.24) is 19.7 Å².